The fraction of sp³-hybridized carbons (Fsp3) is 0.353. The first-order chi connectivity index (χ1) is 19.1. The number of nitrogens with one attached hydrogen (secondary N) is 1. The Kier molecular flexibility index (Phi) is 8.98. The molecule has 0 fully saturated rings. The van der Waals surface area contributed by atoms with E-state index in [1.165, 1.54) is 12.7 Å². The third-order valence-electron chi connectivity index (χ3n) is 7.68. The predicted molar refractivity (Wildman–Crippen MR) is 160 cm³/mol. The lowest BCUT2D eigenvalue weighted by Crippen LogP contribution is -2.27. The third-order valence-corrected chi connectivity index (χ3v) is 7.68. The Bertz CT molecular complexity index is 1520. The third kappa shape index (κ3) is 6.22. The van der Waals surface area contributed by atoms with Crippen molar-refractivity contribution in [3.8, 4) is 5.75 Å². The standard InChI is InChI=1S/C34H40N2O4/c1-8-32(34(38)39-7)40-29-14-9-11-25(17-29)20-36-24(6)22(4)30-19-28(15-16-31(30)36)33(37)35-23(5)27-13-10-12-26(18-27)21(2)3/h9-19,21,23,32H,8,20H2,1-7H3,(H,35,37). The second-order valence-electron chi connectivity index (χ2n) is 10.7. The van der Waals surface area contributed by atoms with E-state index in [-0.39, 0.29) is 17.9 Å². The number of nitrogens with zero attached hydrogens (tertiary/aromatic N) is 1. The van der Waals surface area contributed by atoms with E-state index in [0.717, 1.165) is 33.3 Å². The van der Waals surface area contributed by atoms with Crippen molar-refractivity contribution in [2.24, 2.45) is 0 Å². The van der Waals surface area contributed by atoms with Crippen LogP contribution in [0.15, 0.2) is 66.7 Å². The summed E-state index contributed by atoms with van der Waals surface area (Å²) in [4.78, 5) is 25.2. The second-order valence-corrected chi connectivity index (χ2v) is 10.7. The van der Waals surface area contributed by atoms with Crippen LogP contribution < -0.4 is 10.1 Å². The van der Waals surface area contributed by atoms with Crippen molar-refractivity contribution in [1.29, 1.82) is 0 Å². The highest BCUT2D eigenvalue weighted by Gasteiger charge is 2.20. The topological polar surface area (TPSA) is 69.6 Å². The smallest absolute Gasteiger partial charge is 0.347 e. The average Bonchev–Trinajstić information content (AvgIpc) is 3.19. The summed E-state index contributed by atoms with van der Waals surface area (Å²) in [7, 11) is 1.37. The fourth-order valence-electron chi connectivity index (χ4n) is 5.04. The number of esters is 1. The largest absolute Gasteiger partial charge is 0.479 e. The number of carbonyl (C=O) groups is 2. The average molecular weight is 541 g/mol. The van der Waals surface area contributed by atoms with Crippen LogP contribution >= 0.6 is 0 Å². The molecule has 2 atom stereocenters. The zero-order valence-corrected chi connectivity index (χ0v) is 24.6. The summed E-state index contributed by atoms with van der Waals surface area (Å²) in [5, 5.41) is 4.23. The van der Waals surface area contributed by atoms with E-state index in [1.54, 1.807) is 0 Å². The Morgan fingerprint density at radius 3 is 2.35 bits per heavy atom. The normalized spacial score (nSPS) is 12.8. The van der Waals surface area contributed by atoms with Gasteiger partial charge in [0.05, 0.1) is 13.2 Å². The Morgan fingerprint density at radius 2 is 1.65 bits per heavy atom. The van der Waals surface area contributed by atoms with Gasteiger partial charge in [-0.1, -0.05) is 57.2 Å². The van der Waals surface area contributed by atoms with E-state index in [1.807, 2.05) is 56.3 Å². The molecular weight excluding hydrogens is 500 g/mol. The first-order valence-electron chi connectivity index (χ1n) is 14.0. The van der Waals surface area contributed by atoms with Crippen LogP contribution in [0.4, 0.5) is 0 Å². The molecule has 2 unspecified atom stereocenters. The number of ether oxygens (including phenoxy) is 2. The fourth-order valence-corrected chi connectivity index (χ4v) is 5.04. The van der Waals surface area contributed by atoms with E-state index in [9.17, 15) is 9.59 Å². The molecular formula is C34H40N2O4. The molecule has 4 rings (SSSR count). The maximum atomic E-state index is 13.2. The van der Waals surface area contributed by atoms with Crippen molar-refractivity contribution < 1.29 is 19.1 Å². The van der Waals surface area contributed by atoms with Crippen molar-refractivity contribution in [1.82, 2.24) is 9.88 Å². The van der Waals surface area contributed by atoms with Crippen LogP contribution in [0.3, 0.4) is 0 Å². The molecule has 6 heteroatoms. The van der Waals surface area contributed by atoms with Gasteiger partial charge in [-0.2, -0.15) is 0 Å². The number of carbonyl (C=O) groups excluding carboxylic acids is 2. The second kappa shape index (κ2) is 12.4. The van der Waals surface area contributed by atoms with Gasteiger partial charge in [-0.25, -0.2) is 4.79 Å². The van der Waals surface area contributed by atoms with Gasteiger partial charge in [0.15, 0.2) is 6.10 Å². The minimum absolute atomic E-state index is 0.0879. The summed E-state index contributed by atoms with van der Waals surface area (Å²) < 4.78 is 13.0. The molecule has 0 aliphatic rings. The molecule has 210 valence electrons. The Labute approximate surface area is 237 Å². The van der Waals surface area contributed by atoms with Gasteiger partial charge in [0, 0.05) is 28.7 Å². The minimum Gasteiger partial charge on any atom is -0.479 e. The van der Waals surface area contributed by atoms with E-state index < -0.39 is 6.10 Å². The number of hydrogen-bond acceptors (Lipinski definition) is 4. The van der Waals surface area contributed by atoms with Gasteiger partial charge in [0.1, 0.15) is 5.75 Å². The van der Waals surface area contributed by atoms with Crippen LogP contribution in [-0.4, -0.2) is 29.7 Å². The number of benzene rings is 3. The van der Waals surface area contributed by atoms with E-state index in [4.69, 9.17) is 9.47 Å². The van der Waals surface area contributed by atoms with Gasteiger partial charge in [-0.3, -0.25) is 4.79 Å². The summed E-state index contributed by atoms with van der Waals surface area (Å²) in [5.74, 6) is 0.598. The molecule has 1 N–H and O–H groups in total. The van der Waals surface area contributed by atoms with Gasteiger partial charge in [-0.15, -0.1) is 0 Å². The van der Waals surface area contributed by atoms with Crippen LogP contribution in [0.25, 0.3) is 10.9 Å². The van der Waals surface area contributed by atoms with Gasteiger partial charge in [0.25, 0.3) is 5.91 Å². The zero-order chi connectivity index (χ0) is 29.0. The summed E-state index contributed by atoms with van der Waals surface area (Å²) in [6.07, 6.45) is -0.112. The van der Waals surface area contributed by atoms with Gasteiger partial charge >= 0.3 is 5.97 Å². The molecule has 4 aromatic rings. The van der Waals surface area contributed by atoms with E-state index in [2.05, 4.69) is 61.8 Å². The lowest BCUT2D eigenvalue weighted by Gasteiger charge is -2.17. The Morgan fingerprint density at radius 1 is 0.925 bits per heavy atom. The number of fused-ring (bicyclic) bond motifs is 1. The first-order valence-corrected chi connectivity index (χ1v) is 14.0. The van der Waals surface area contributed by atoms with Gasteiger partial charge in [-0.05, 0) is 85.7 Å². The van der Waals surface area contributed by atoms with Crippen molar-refractivity contribution in [3.63, 3.8) is 0 Å². The number of aromatic nitrogens is 1. The molecule has 0 radical (unpaired) electrons. The van der Waals surface area contributed by atoms with Crippen molar-refractivity contribution >= 4 is 22.8 Å². The van der Waals surface area contributed by atoms with Crippen LogP contribution in [0, 0.1) is 13.8 Å². The SMILES string of the molecule is CCC(Oc1cccc(Cn2c(C)c(C)c3cc(C(=O)NC(C)c4cccc(C(C)C)c4)ccc32)c1)C(=O)OC. The van der Waals surface area contributed by atoms with Crippen molar-refractivity contribution in [2.75, 3.05) is 7.11 Å². The van der Waals surface area contributed by atoms with Crippen LogP contribution in [0.2, 0.25) is 0 Å². The molecule has 0 saturated carbocycles. The molecule has 0 aliphatic heterocycles. The number of amides is 1. The summed E-state index contributed by atoms with van der Waals surface area (Å²) in [6, 6.07) is 22.0. The zero-order valence-electron chi connectivity index (χ0n) is 24.6. The minimum atomic E-state index is -0.636. The van der Waals surface area contributed by atoms with Gasteiger partial charge in [0.2, 0.25) is 0 Å². The molecule has 0 saturated heterocycles. The number of hydrogen-bond donors (Lipinski definition) is 1. The molecule has 1 aromatic heterocycles. The maximum absolute atomic E-state index is 13.2. The summed E-state index contributed by atoms with van der Waals surface area (Å²) >= 11 is 0. The van der Waals surface area contributed by atoms with Crippen LogP contribution in [0.5, 0.6) is 5.75 Å². The van der Waals surface area contributed by atoms with Crippen molar-refractivity contribution in [3.05, 3.63) is 100 Å². The summed E-state index contributed by atoms with van der Waals surface area (Å²) in [6.45, 7) is 13.1. The lowest BCUT2D eigenvalue weighted by molar-refractivity contribution is -0.148. The Hall–Kier alpha value is -4.06. The predicted octanol–water partition coefficient (Wildman–Crippen LogP) is 7.25. The quantitative estimate of drug-likeness (QED) is 0.215. The first kappa shape index (κ1) is 28.9. The number of rotatable bonds is 10. The molecule has 40 heavy (non-hydrogen) atoms. The van der Waals surface area contributed by atoms with E-state index >= 15 is 0 Å². The molecule has 1 heterocycles. The summed E-state index contributed by atoms with van der Waals surface area (Å²) in [5.41, 5.74) is 7.40. The lowest BCUT2D eigenvalue weighted by atomic mass is 9.98. The van der Waals surface area contributed by atoms with Crippen LogP contribution in [0.1, 0.15) is 84.4 Å². The number of methoxy groups -OCH3 is 1. The number of aryl methyl sites for hydroxylation is 1. The molecule has 0 spiro atoms. The monoisotopic (exact) mass is 540 g/mol. The molecule has 3 aromatic carbocycles. The molecule has 0 aliphatic carbocycles. The molecule has 6 nitrogen and oxygen atoms in total. The maximum Gasteiger partial charge on any atom is 0.347 e. The highest BCUT2D eigenvalue weighted by Crippen LogP contribution is 2.29. The molecule has 1 amide bonds. The highest BCUT2D eigenvalue weighted by atomic mass is 16.6. The van der Waals surface area contributed by atoms with Gasteiger partial charge < -0.3 is 19.4 Å². The van der Waals surface area contributed by atoms with Crippen LogP contribution in [-0.2, 0) is 16.1 Å². The highest BCUT2D eigenvalue weighted by molar-refractivity contribution is 5.99. The van der Waals surface area contributed by atoms with E-state index in [0.29, 0.717) is 30.2 Å². The Balaban J connectivity index is 1.55. The molecule has 0 bridgehead atoms. The van der Waals surface area contributed by atoms with Crippen molar-refractivity contribution in [2.45, 2.75) is 72.6 Å².